The summed E-state index contributed by atoms with van der Waals surface area (Å²) in [6.45, 7) is 0.528. The molecular weight excluding hydrogens is 270 g/mol. The van der Waals surface area contributed by atoms with Crippen LogP contribution in [0.5, 0.6) is 0 Å². The summed E-state index contributed by atoms with van der Waals surface area (Å²) in [7, 11) is 0. The van der Waals surface area contributed by atoms with E-state index in [1.165, 1.54) is 18.6 Å². The minimum absolute atomic E-state index is 0.0127. The molecule has 0 aromatic heterocycles. The van der Waals surface area contributed by atoms with Crippen LogP contribution in [0, 0.1) is 15.5 Å². The van der Waals surface area contributed by atoms with Crippen molar-refractivity contribution in [3.8, 4) is 0 Å². The monoisotopic (exact) mass is 291 g/mol. The summed E-state index contributed by atoms with van der Waals surface area (Å²) in [6, 6.07) is 5.86. The molecular formula is C15H21N3O3. The Morgan fingerprint density at radius 3 is 2.38 bits per heavy atom. The Kier molecular flexibility index (Phi) is 4.90. The number of nitrogens with two attached hydrogens (primary N) is 1. The molecule has 1 fully saturated rings. The quantitative estimate of drug-likeness (QED) is 0.643. The first-order valence-electron chi connectivity index (χ1n) is 7.29. The SMILES string of the molecule is NCC1(CC(=O)Nc2ccc([N+](=O)[O-])cc2)CCCCC1. The Balaban J connectivity index is 1.95. The fourth-order valence-corrected chi connectivity index (χ4v) is 2.97. The molecule has 1 aromatic rings. The molecule has 0 atom stereocenters. The summed E-state index contributed by atoms with van der Waals surface area (Å²) in [5.41, 5.74) is 6.39. The van der Waals surface area contributed by atoms with E-state index in [2.05, 4.69) is 5.32 Å². The van der Waals surface area contributed by atoms with Crippen LogP contribution in [0.25, 0.3) is 0 Å². The lowest BCUT2D eigenvalue weighted by Crippen LogP contribution is -2.36. The lowest BCUT2D eigenvalue weighted by atomic mass is 9.71. The van der Waals surface area contributed by atoms with Crippen molar-refractivity contribution in [1.82, 2.24) is 0 Å². The third-order valence-corrected chi connectivity index (χ3v) is 4.24. The Morgan fingerprint density at radius 1 is 1.24 bits per heavy atom. The van der Waals surface area contributed by atoms with Gasteiger partial charge in [-0.25, -0.2) is 0 Å². The first kappa shape index (κ1) is 15.4. The van der Waals surface area contributed by atoms with Gasteiger partial charge in [0.2, 0.25) is 5.91 Å². The maximum Gasteiger partial charge on any atom is 0.269 e. The van der Waals surface area contributed by atoms with Gasteiger partial charge in [0.05, 0.1) is 4.92 Å². The second-order valence-corrected chi connectivity index (χ2v) is 5.79. The van der Waals surface area contributed by atoms with Crippen molar-refractivity contribution >= 4 is 17.3 Å². The van der Waals surface area contributed by atoms with Crippen LogP contribution in [0.3, 0.4) is 0 Å². The Labute approximate surface area is 123 Å². The van der Waals surface area contributed by atoms with Crippen molar-refractivity contribution in [2.24, 2.45) is 11.1 Å². The third-order valence-electron chi connectivity index (χ3n) is 4.24. The molecule has 0 spiro atoms. The van der Waals surface area contributed by atoms with Gasteiger partial charge in [-0.15, -0.1) is 0 Å². The average molecular weight is 291 g/mol. The molecule has 0 unspecified atom stereocenters. The van der Waals surface area contributed by atoms with E-state index in [1.54, 1.807) is 12.1 Å². The van der Waals surface area contributed by atoms with Gasteiger partial charge in [0, 0.05) is 24.2 Å². The highest BCUT2D eigenvalue weighted by atomic mass is 16.6. The van der Waals surface area contributed by atoms with Crippen molar-refractivity contribution in [3.05, 3.63) is 34.4 Å². The van der Waals surface area contributed by atoms with Gasteiger partial charge < -0.3 is 11.1 Å². The van der Waals surface area contributed by atoms with Gasteiger partial charge in [0.1, 0.15) is 0 Å². The van der Waals surface area contributed by atoms with Crippen LogP contribution in [0.15, 0.2) is 24.3 Å². The number of nitrogens with zero attached hydrogens (tertiary/aromatic N) is 1. The van der Waals surface area contributed by atoms with Crippen molar-refractivity contribution in [3.63, 3.8) is 0 Å². The lowest BCUT2D eigenvalue weighted by Gasteiger charge is -2.35. The van der Waals surface area contributed by atoms with E-state index in [4.69, 9.17) is 5.73 Å². The standard InChI is InChI=1S/C15H21N3O3/c16-11-15(8-2-1-3-9-15)10-14(19)17-12-4-6-13(7-5-12)18(20)21/h4-7H,1-3,8-11,16H2,(H,17,19). The third kappa shape index (κ3) is 4.01. The molecule has 0 saturated heterocycles. The fourth-order valence-electron chi connectivity index (χ4n) is 2.97. The highest BCUT2D eigenvalue weighted by Crippen LogP contribution is 2.38. The number of benzene rings is 1. The first-order chi connectivity index (χ1) is 10.0. The Hall–Kier alpha value is -1.95. The normalized spacial score (nSPS) is 17.2. The molecule has 0 bridgehead atoms. The summed E-state index contributed by atoms with van der Waals surface area (Å²) in [6.07, 6.45) is 5.88. The topological polar surface area (TPSA) is 98.3 Å². The number of non-ortho nitro benzene ring substituents is 1. The van der Waals surface area contributed by atoms with Gasteiger partial charge >= 0.3 is 0 Å². The summed E-state index contributed by atoms with van der Waals surface area (Å²) >= 11 is 0. The van der Waals surface area contributed by atoms with E-state index >= 15 is 0 Å². The van der Waals surface area contributed by atoms with Gasteiger partial charge in [-0.3, -0.25) is 14.9 Å². The van der Waals surface area contributed by atoms with Crippen molar-refractivity contribution in [2.75, 3.05) is 11.9 Å². The van der Waals surface area contributed by atoms with E-state index in [1.807, 2.05) is 0 Å². The summed E-state index contributed by atoms with van der Waals surface area (Å²) in [5.74, 6) is -0.0730. The predicted molar refractivity (Wildman–Crippen MR) is 80.9 cm³/mol. The molecule has 0 heterocycles. The maximum absolute atomic E-state index is 12.2. The number of nitro groups is 1. The summed E-state index contributed by atoms with van der Waals surface area (Å²) < 4.78 is 0. The summed E-state index contributed by atoms with van der Waals surface area (Å²) in [5, 5.41) is 13.4. The zero-order valence-electron chi connectivity index (χ0n) is 12.0. The highest BCUT2D eigenvalue weighted by Gasteiger charge is 2.32. The maximum atomic E-state index is 12.2. The van der Waals surface area contributed by atoms with E-state index in [0.717, 1.165) is 25.7 Å². The minimum Gasteiger partial charge on any atom is -0.330 e. The number of carbonyl (C=O) groups is 1. The van der Waals surface area contributed by atoms with Crippen LogP contribution in [0.2, 0.25) is 0 Å². The second-order valence-electron chi connectivity index (χ2n) is 5.79. The number of hydrogen-bond acceptors (Lipinski definition) is 4. The minimum atomic E-state index is -0.461. The van der Waals surface area contributed by atoms with Crippen LogP contribution in [-0.2, 0) is 4.79 Å². The molecule has 0 radical (unpaired) electrons. The van der Waals surface area contributed by atoms with Crippen LogP contribution in [0.1, 0.15) is 38.5 Å². The number of carbonyl (C=O) groups excluding carboxylic acids is 1. The molecule has 6 nitrogen and oxygen atoms in total. The van der Waals surface area contributed by atoms with E-state index in [-0.39, 0.29) is 17.0 Å². The number of hydrogen-bond donors (Lipinski definition) is 2. The van der Waals surface area contributed by atoms with Crippen LogP contribution < -0.4 is 11.1 Å². The van der Waals surface area contributed by atoms with Gasteiger partial charge in [-0.05, 0) is 36.9 Å². The average Bonchev–Trinajstić information content (AvgIpc) is 2.48. The highest BCUT2D eigenvalue weighted by molar-refractivity contribution is 5.91. The lowest BCUT2D eigenvalue weighted by molar-refractivity contribution is -0.384. The molecule has 6 heteroatoms. The molecule has 1 amide bonds. The zero-order valence-corrected chi connectivity index (χ0v) is 12.0. The first-order valence-corrected chi connectivity index (χ1v) is 7.29. The second kappa shape index (κ2) is 6.67. The number of anilines is 1. The molecule has 114 valence electrons. The molecule has 1 aromatic carbocycles. The largest absolute Gasteiger partial charge is 0.330 e. The molecule has 1 aliphatic carbocycles. The van der Waals surface area contributed by atoms with Crippen LogP contribution in [0.4, 0.5) is 11.4 Å². The van der Waals surface area contributed by atoms with Crippen molar-refractivity contribution < 1.29 is 9.72 Å². The van der Waals surface area contributed by atoms with Gasteiger partial charge in [0.25, 0.3) is 5.69 Å². The molecule has 1 saturated carbocycles. The number of rotatable bonds is 5. The van der Waals surface area contributed by atoms with Crippen LogP contribution in [-0.4, -0.2) is 17.4 Å². The van der Waals surface area contributed by atoms with Crippen molar-refractivity contribution in [1.29, 1.82) is 0 Å². The molecule has 1 aliphatic rings. The Morgan fingerprint density at radius 2 is 1.86 bits per heavy atom. The van der Waals surface area contributed by atoms with E-state index < -0.39 is 4.92 Å². The van der Waals surface area contributed by atoms with Gasteiger partial charge in [0.15, 0.2) is 0 Å². The fraction of sp³-hybridized carbons (Fsp3) is 0.533. The molecule has 3 N–H and O–H groups in total. The number of nitro benzene ring substituents is 1. The smallest absolute Gasteiger partial charge is 0.269 e. The van der Waals surface area contributed by atoms with Crippen molar-refractivity contribution in [2.45, 2.75) is 38.5 Å². The van der Waals surface area contributed by atoms with Gasteiger partial charge in [-0.2, -0.15) is 0 Å². The predicted octanol–water partition coefficient (Wildman–Crippen LogP) is 2.83. The van der Waals surface area contributed by atoms with E-state index in [0.29, 0.717) is 18.7 Å². The molecule has 0 aliphatic heterocycles. The van der Waals surface area contributed by atoms with Gasteiger partial charge in [-0.1, -0.05) is 19.3 Å². The van der Waals surface area contributed by atoms with E-state index in [9.17, 15) is 14.9 Å². The summed E-state index contributed by atoms with van der Waals surface area (Å²) in [4.78, 5) is 22.3. The Bertz CT molecular complexity index is 507. The molecule has 21 heavy (non-hydrogen) atoms. The number of nitrogens with one attached hydrogen (secondary N) is 1. The van der Waals surface area contributed by atoms with Crippen LogP contribution >= 0.6 is 0 Å². The molecule has 2 rings (SSSR count). The zero-order chi connectivity index (χ0) is 15.3. The number of amides is 1.